The highest BCUT2D eigenvalue weighted by atomic mass is 35.5. The summed E-state index contributed by atoms with van der Waals surface area (Å²) in [6, 6.07) is 9.39. The number of benzene rings is 1. The standard InChI is InChI=1S/C40H37ClF2N8O6S2/c1-22-47-33-18-46-37(49(2)25-8-12-50(13-9-25)26-15-27(16-26)57-40(42)43)31(17-44)34(33)39(53)51(22)11-3-4-23-5-6-24(41)14-30(23)29-7-10-45-35-32(21-58-36(29)35)38(52)48-59(54,55)28-19-56-20-28/h5-7,10,14,18,21,25-28,40H,8-9,11-13,15-16,19-20H2,1-2H3,(H,48,52). The number of carbonyl (C=O) groups is 1. The van der Waals surface area contributed by atoms with E-state index in [0.717, 1.165) is 25.9 Å². The predicted octanol–water partition coefficient (Wildman–Crippen LogP) is 5.08. The van der Waals surface area contributed by atoms with Crippen LogP contribution in [0.3, 0.4) is 0 Å². The summed E-state index contributed by atoms with van der Waals surface area (Å²) >= 11 is 7.69. The first-order chi connectivity index (χ1) is 28.3. The van der Waals surface area contributed by atoms with Crippen LogP contribution in [0.2, 0.25) is 5.02 Å². The largest absolute Gasteiger partial charge is 0.378 e. The SMILES string of the molecule is Cc1nc2cnc(N(C)C3CCN(C4CC(OC(F)F)C4)CC3)c(C#N)c2c(=O)n1CC#Cc1ccc(Cl)cc1-c1ccnc2c(C(=O)NS(=O)(=O)C3COC3)csc12. The predicted molar refractivity (Wildman–Crippen MR) is 218 cm³/mol. The van der Waals surface area contributed by atoms with Crippen LogP contribution in [0.15, 0.2) is 46.8 Å². The molecular formula is C40H37ClF2N8O6S2. The highest BCUT2D eigenvalue weighted by Crippen LogP contribution is 2.37. The molecule has 14 nitrogen and oxygen atoms in total. The van der Waals surface area contributed by atoms with E-state index in [-0.39, 0.29) is 48.4 Å². The van der Waals surface area contributed by atoms with E-state index in [1.54, 1.807) is 36.6 Å². The van der Waals surface area contributed by atoms with Crippen molar-refractivity contribution in [2.24, 2.45) is 0 Å². The van der Waals surface area contributed by atoms with Crippen LogP contribution < -0.4 is 15.2 Å². The lowest BCUT2D eigenvalue weighted by Crippen LogP contribution is -2.53. The first-order valence-electron chi connectivity index (χ1n) is 18.8. The highest BCUT2D eigenvalue weighted by Gasteiger charge is 2.38. The molecule has 19 heteroatoms. The smallest absolute Gasteiger partial charge is 0.345 e. The van der Waals surface area contributed by atoms with Gasteiger partial charge >= 0.3 is 6.61 Å². The van der Waals surface area contributed by atoms with E-state index in [0.29, 0.717) is 61.9 Å². The molecule has 0 spiro atoms. The second-order valence-corrected chi connectivity index (χ2v) is 18.0. The van der Waals surface area contributed by atoms with Crippen LogP contribution in [0.4, 0.5) is 14.6 Å². The number of nitrogens with one attached hydrogen (secondary N) is 1. The lowest BCUT2D eigenvalue weighted by atomic mass is 9.86. The molecule has 4 aromatic heterocycles. The highest BCUT2D eigenvalue weighted by molar-refractivity contribution is 7.90. The van der Waals surface area contributed by atoms with Crippen LogP contribution in [0.5, 0.6) is 0 Å². The molecule has 0 atom stereocenters. The normalized spacial score (nSPS) is 18.9. The molecule has 1 N–H and O–H groups in total. The molecule has 3 aliphatic rings. The summed E-state index contributed by atoms with van der Waals surface area (Å²) in [6.07, 6.45) is 5.33. The maximum absolute atomic E-state index is 14.1. The summed E-state index contributed by atoms with van der Waals surface area (Å²) in [4.78, 5) is 45.1. The van der Waals surface area contributed by atoms with Crippen molar-refractivity contribution in [3.05, 3.63) is 79.9 Å². The Kier molecular flexibility index (Phi) is 11.4. The van der Waals surface area contributed by atoms with Gasteiger partial charge in [-0.1, -0.05) is 23.4 Å². The third kappa shape index (κ3) is 8.01. The van der Waals surface area contributed by atoms with Crippen molar-refractivity contribution >= 4 is 65.8 Å². The van der Waals surface area contributed by atoms with Crippen molar-refractivity contribution in [3.63, 3.8) is 0 Å². The summed E-state index contributed by atoms with van der Waals surface area (Å²) < 4.78 is 64.2. The molecule has 2 aliphatic heterocycles. The van der Waals surface area contributed by atoms with E-state index in [1.807, 2.05) is 11.9 Å². The van der Waals surface area contributed by atoms with Crippen molar-refractivity contribution in [1.29, 1.82) is 5.26 Å². The van der Waals surface area contributed by atoms with E-state index in [9.17, 15) is 32.0 Å². The molecule has 59 heavy (non-hydrogen) atoms. The van der Waals surface area contributed by atoms with Gasteiger partial charge in [0.2, 0.25) is 10.0 Å². The maximum atomic E-state index is 14.1. The summed E-state index contributed by atoms with van der Waals surface area (Å²) in [6.45, 7) is 0.444. The average molecular weight is 863 g/mol. The van der Waals surface area contributed by atoms with Crippen molar-refractivity contribution in [2.75, 3.05) is 38.3 Å². The third-order valence-corrected chi connectivity index (χ3v) is 14.1. The van der Waals surface area contributed by atoms with Gasteiger partial charge in [-0.3, -0.25) is 19.1 Å². The van der Waals surface area contributed by atoms with Crippen LogP contribution in [0, 0.1) is 30.1 Å². The average Bonchev–Trinajstić information content (AvgIpc) is 3.61. The Morgan fingerprint density at radius 1 is 1.19 bits per heavy atom. The molecule has 1 saturated carbocycles. The zero-order valence-corrected chi connectivity index (χ0v) is 34.2. The van der Waals surface area contributed by atoms with Gasteiger partial charge in [0.05, 0.1) is 58.7 Å². The number of fused-ring (bicyclic) bond motifs is 2. The number of anilines is 1. The van der Waals surface area contributed by atoms with Gasteiger partial charge < -0.3 is 19.3 Å². The number of likely N-dealkylation sites (tertiary alicyclic amines) is 1. The van der Waals surface area contributed by atoms with E-state index in [4.69, 9.17) is 16.3 Å². The molecule has 0 unspecified atom stereocenters. The molecule has 306 valence electrons. The second kappa shape index (κ2) is 16.5. The van der Waals surface area contributed by atoms with Crippen LogP contribution in [-0.4, -0.2) is 102 Å². The van der Waals surface area contributed by atoms with Crippen molar-refractivity contribution in [2.45, 2.75) is 69.2 Å². The van der Waals surface area contributed by atoms with E-state index < -0.39 is 39.5 Å². The number of pyridine rings is 2. The lowest BCUT2D eigenvalue weighted by molar-refractivity contribution is -0.194. The Morgan fingerprint density at radius 2 is 1.95 bits per heavy atom. The Balaban J connectivity index is 1.03. The molecule has 1 amide bonds. The molecule has 5 aromatic rings. The summed E-state index contributed by atoms with van der Waals surface area (Å²) in [7, 11) is -2.06. The van der Waals surface area contributed by atoms with Crippen molar-refractivity contribution in [3.8, 4) is 29.0 Å². The van der Waals surface area contributed by atoms with Gasteiger partial charge in [0.1, 0.15) is 28.5 Å². The third-order valence-electron chi connectivity index (χ3n) is 11.3. The molecule has 8 rings (SSSR count). The number of nitriles is 1. The monoisotopic (exact) mass is 862 g/mol. The molecule has 6 heterocycles. The van der Waals surface area contributed by atoms with Crippen LogP contribution in [0.25, 0.3) is 32.2 Å². The number of alkyl halides is 2. The quantitative estimate of drug-likeness (QED) is 0.185. The van der Waals surface area contributed by atoms with Gasteiger partial charge in [0.25, 0.3) is 11.5 Å². The minimum atomic E-state index is -3.92. The number of amides is 1. The number of halogens is 3. The number of hydrogen-bond acceptors (Lipinski definition) is 13. The van der Waals surface area contributed by atoms with Gasteiger partial charge in [0.15, 0.2) is 0 Å². The van der Waals surface area contributed by atoms with Gasteiger partial charge in [-0.25, -0.2) is 23.1 Å². The fourth-order valence-corrected chi connectivity index (χ4v) is 10.1. The van der Waals surface area contributed by atoms with Crippen molar-refractivity contribution in [1.82, 2.24) is 29.1 Å². The number of sulfonamides is 1. The minimum Gasteiger partial charge on any atom is -0.378 e. The number of aryl methyl sites for hydroxylation is 1. The zero-order chi connectivity index (χ0) is 41.6. The first-order valence-corrected chi connectivity index (χ1v) is 21.6. The van der Waals surface area contributed by atoms with Crippen LogP contribution in [-0.2, 0) is 26.0 Å². The molecule has 3 fully saturated rings. The number of rotatable bonds is 10. The van der Waals surface area contributed by atoms with Gasteiger partial charge in [-0.2, -0.15) is 14.0 Å². The van der Waals surface area contributed by atoms with E-state index >= 15 is 0 Å². The minimum absolute atomic E-state index is 0.0214. The van der Waals surface area contributed by atoms with Gasteiger partial charge in [0, 0.05) is 65.5 Å². The zero-order valence-electron chi connectivity index (χ0n) is 31.8. The number of aromatic nitrogens is 4. The Labute approximate surface area is 346 Å². The summed E-state index contributed by atoms with van der Waals surface area (Å²) in [5.41, 5.74) is 2.30. The summed E-state index contributed by atoms with van der Waals surface area (Å²) in [5.74, 6) is 6.23. The maximum Gasteiger partial charge on any atom is 0.345 e. The Morgan fingerprint density at radius 3 is 2.64 bits per heavy atom. The number of ether oxygens (including phenoxy) is 2. The Bertz CT molecular complexity index is 2750. The number of carbonyl (C=O) groups excluding carboxylic acids is 1. The van der Waals surface area contributed by atoms with Gasteiger partial charge in [-0.05, 0) is 56.9 Å². The fourth-order valence-electron chi connectivity index (χ4n) is 7.80. The van der Waals surface area contributed by atoms with Gasteiger partial charge in [-0.15, -0.1) is 11.3 Å². The fraction of sp³-hybridized carbons (Fsp3) is 0.400. The van der Waals surface area contributed by atoms with E-state index in [1.165, 1.54) is 28.3 Å². The van der Waals surface area contributed by atoms with Crippen LogP contribution in [0.1, 0.15) is 53.0 Å². The molecule has 0 radical (unpaired) electrons. The molecular weight excluding hydrogens is 826 g/mol. The summed E-state index contributed by atoms with van der Waals surface area (Å²) in [5, 5.41) is 11.7. The number of piperidine rings is 1. The molecule has 2 saturated heterocycles. The number of hydrogen-bond donors (Lipinski definition) is 1. The molecule has 0 bridgehead atoms. The molecule has 1 aliphatic carbocycles. The van der Waals surface area contributed by atoms with Crippen LogP contribution >= 0.6 is 22.9 Å². The lowest BCUT2D eigenvalue weighted by Gasteiger charge is -2.46. The van der Waals surface area contributed by atoms with Crippen molar-refractivity contribution < 1.29 is 31.5 Å². The second-order valence-electron chi connectivity index (χ2n) is 14.7. The number of thiophene rings is 1. The number of nitrogens with zero attached hydrogens (tertiary/aromatic N) is 7. The molecule has 1 aromatic carbocycles. The van der Waals surface area contributed by atoms with E-state index in [2.05, 4.69) is 47.2 Å². The topological polar surface area (TPSA) is 173 Å². The Hall–Kier alpha value is -5.08. The first kappa shape index (κ1) is 40.7.